The van der Waals surface area contributed by atoms with Crippen molar-refractivity contribution in [1.29, 1.82) is 0 Å². The Morgan fingerprint density at radius 1 is 1.69 bits per heavy atom. The second-order valence-corrected chi connectivity index (χ2v) is 5.22. The van der Waals surface area contributed by atoms with Crippen LogP contribution < -0.4 is 5.73 Å². The van der Waals surface area contributed by atoms with Gasteiger partial charge in [0.15, 0.2) is 0 Å². The molecular weight excluding hydrogens is 180 g/mol. The molecule has 3 heteroatoms. The Hall–Kier alpha value is -0.410. The fourth-order valence-electron chi connectivity index (χ4n) is 1.63. The van der Waals surface area contributed by atoms with Crippen LogP contribution in [0.4, 0.5) is 0 Å². The molecule has 2 rings (SSSR count). The van der Waals surface area contributed by atoms with E-state index in [2.05, 4.69) is 17.3 Å². The second kappa shape index (κ2) is 3.07. The van der Waals surface area contributed by atoms with E-state index in [1.54, 1.807) is 11.3 Å². The lowest BCUT2D eigenvalue weighted by Gasteiger charge is -2.21. The maximum Gasteiger partial charge on any atom is 0.112 e. The van der Waals surface area contributed by atoms with Crippen LogP contribution in [0, 0.1) is 12.8 Å². The number of rotatable bonds is 3. The van der Waals surface area contributed by atoms with Gasteiger partial charge in [-0.3, -0.25) is 0 Å². The van der Waals surface area contributed by atoms with Crippen molar-refractivity contribution in [3.05, 3.63) is 16.1 Å². The van der Waals surface area contributed by atoms with E-state index in [0.29, 0.717) is 0 Å². The molecule has 1 aliphatic rings. The lowest BCUT2D eigenvalue weighted by Crippen LogP contribution is -2.33. The van der Waals surface area contributed by atoms with E-state index in [4.69, 9.17) is 5.73 Å². The van der Waals surface area contributed by atoms with E-state index >= 15 is 0 Å². The summed E-state index contributed by atoms with van der Waals surface area (Å²) in [5.41, 5.74) is 7.14. The minimum atomic E-state index is -0.194. The van der Waals surface area contributed by atoms with E-state index in [0.717, 1.165) is 23.0 Å². The van der Waals surface area contributed by atoms with Crippen molar-refractivity contribution in [2.45, 2.75) is 38.6 Å². The summed E-state index contributed by atoms with van der Waals surface area (Å²) in [6.45, 7) is 4.12. The zero-order valence-corrected chi connectivity index (χ0v) is 9.03. The first-order valence-corrected chi connectivity index (χ1v) is 5.67. The molecule has 1 aromatic rings. The first-order valence-electron chi connectivity index (χ1n) is 4.79. The highest BCUT2D eigenvalue weighted by Crippen LogP contribution is 2.39. The molecule has 0 aliphatic heterocycles. The molecule has 0 unspecified atom stereocenters. The molecule has 2 N–H and O–H groups in total. The number of aryl methyl sites for hydroxylation is 1. The number of thiazole rings is 1. The van der Waals surface area contributed by atoms with Crippen LogP contribution in [-0.2, 0) is 5.54 Å². The van der Waals surface area contributed by atoms with Gasteiger partial charge in [-0.2, -0.15) is 0 Å². The molecule has 72 valence electrons. The summed E-state index contributed by atoms with van der Waals surface area (Å²) in [5, 5.41) is 3.17. The number of nitrogens with two attached hydrogens (primary N) is 1. The van der Waals surface area contributed by atoms with Crippen LogP contribution in [0.3, 0.4) is 0 Å². The van der Waals surface area contributed by atoms with Gasteiger partial charge in [-0.25, -0.2) is 4.98 Å². The first kappa shape index (κ1) is 9.16. The molecule has 1 aliphatic carbocycles. The van der Waals surface area contributed by atoms with E-state index < -0.39 is 0 Å². The fraction of sp³-hybridized carbons (Fsp3) is 0.700. The maximum absolute atomic E-state index is 6.24. The topological polar surface area (TPSA) is 38.9 Å². The van der Waals surface area contributed by atoms with Gasteiger partial charge in [-0.15, -0.1) is 11.3 Å². The molecule has 0 radical (unpaired) electrons. The van der Waals surface area contributed by atoms with Gasteiger partial charge < -0.3 is 5.73 Å². The largest absolute Gasteiger partial charge is 0.320 e. The van der Waals surface area contributed by atoms with Gasteiger partial charge >= 0.3 is 0 Å². The summed E-state index contributed by atoms with van der Waals surface area (Å²) in [7, 11) is 0. The molecule has 1 atom stereocenters. The molecular formula is C10H16N2S. The van der Waals surface area contributed by atoms with E-state index in [1.165, 1.54) is 12.8 Å². The minimum absolute atomic E-state index is 0.194. The van der Waals surface area contributed by atoms with Crippen LogP contribution in [0.1, 0.15) is 36.9 Å². The predicted molar refractivity (Wildman–Crippen MR) is 55.7 cm³/mol. The number of hydrogen-bond acceptors (Lipinski definition) is 3. The van der Waals surface area contributed by atoms with Crippen LogP contribution in [0.2, 0.25) is 0 Å². The Bertz CT molecular complexity index is 300. The van der Waals surface area contributed by atoms with Gasteiger partial charge in [0.05, 0.1) is 5.54 Å². The average Bonchev–Trinajstić information content (AvgIpc) is 2.70. The third-order valence-electron chi connectivity index (χ3n) is 2.52. The predicted octanol–water partition coefficient (Wildman–Crippen LogP) is 2.43. The Balaban J connectivity index is 2.12. The minimum Gasteiger partial charge on any atom is -0.320 e. The average molecular weight is 196 g/mol. The third kappa shape index (κ3) is 2.09. The van der Waals surface area contributed by atoms with Crippen molar-refractivity contribution in [2.75, 3.05) is 0 Å². The van der Waals surface area contributed by atoms with E-state index in [1.807, 2.05) is 6.92 Å². The van der Waals surface area contributed by atoms with Crippen LogP contribution >= 0.6 is 11.3 Å². The molecule has 0 saturated heterocycles. The Kier molecular flexibility index (Phi) is 2.16. The highest BCUT2D eigenvalue weighted by atomic mass is 32.1. The molecule has 1 aromatic heterocycles. The summed E-state index contributed by atoms with van der Waals surface area (Å²) < 4.78 is 0. The van der Waals surface area contributed by atoms with Crippen molar-refractivity contribution in [2.24, 2.45) is 11.7 Å². The molecule has 1 heterocycles. The standard InChI is InChI=1S/C10H16N2S/c1-7-6-13-9(12-7)10(2,11)5-8-3-4-8/h6,8H,3-5,11H2,1-2H3/t10-/m1/s1. The van der Waals surface area contributed by atoms with Gasteiger partial charge in [0.2, 0.25) is 0 Å². The SMILES string of the molecule is Cc1csc([C@](C)(N)CC2CC2)n1. The van der Waals surface area contributed by atoms with Gasteiger partial charge in [0.25, 0.3) is 0 Å². The van der Waals surface area contributed by atoms with Gasteiger partial charge in [0, 0.05) is 11.1 Å². The zero-order chi connectivity index (χ0) is 9.47. The molecule has 0 bridgehead atoms. The normalized spacial score (nSPS) is 21.5. The Morgan fingerprint density at radius 3 is 2.85 bits per heavy atom. The van der Waals surface area contributed by atoms with Crippen LogP contribution in [0.15, 0.2) is 5.38 Å². The van der Waals surface area contributed by atoms with Crippen LogP contribution in [-0.4, -0.2) is 4.98 Å². The molecule has 1 fully saturated rings. The van der Waals surface area contributed by atoms with E-state index in [9.17, 15) is 0 Å². The monoisotopic (exact) mass is 196 g/mol. The molecule has 1 saturated carbocycles. The fourth-order valence-corrected chi connectivity index (χ4v) is 2.51. The highest BCUT2D eigenvalue weighted by molar-refractivity contribution is 7.09. The van der Waals surface area contributed by atoms with Crippen LogP contribution in [0.5, 0.6) is 0 Å². The Morgan fingerprint density at radius 2 is 2.38 bits per heavy atom. The van der Waals surface area contributed by atoms with Crippen molar-refractivity contribution in [3.8, 4) is 0 Å². The molecule has 0 aromatic carbocycles. The lowest BCUT2D eigenvalue weighted by atomic mass is 9.97. The van der Waals surface area contributed by atoms with Gasteiger partial charge in [-0.05, 0) is 26.2 Å². The summed E-state index contributed by atoms with van der Waals surface area (Å²) in [6, 6.07) is 0. The van der Waals surface area contributed by atoms with E-state index in [-0.39, 0.29) is 5.54 Å². The summed E-state index contributed by atoms with van der Waals surface area (Å²) in [4.78, 5) is 4.46. The molecule has 2 nitrogen and oxygen atoms in total. The first-order chi connectivity index (χ1) is 6.08. The Labute approximate surface area is 83.2 Å². The molecule has 0 amide bonds. The van der Waals surface area contributed by atoms with Gasteiger partial charge in [0.1, 0.15) is 5.01 Å². The molecule has 0 spiro atoms. The van der Waals surface area contributed by atoms with Crippen molar-refractivity contribution < 1.29 is 0 Å². The van der Waals surface area contributed by atoms with Crippen molar-refractivity contribution in [3.63, 3.8) is 0 Å². The maximum atomic E-state index is 6.24. The van der Waals surface area contributed by atoms with Gasteiger partial charge in [-0.1, -0.05) is 12.8 Å². The zero-order valence-electron chi connectivity index (χ0n) is 8.21. The second-order valence-electron chi connectivity index (χ2n) is 4.36. The molecule has 13 heavy (non-hydrogen) atoms. The number of hydrogen-bond donors (Lipinski definition) is 1. The smallest absolute Gasteiger partial charge is 0.112 e. The van der Waals surface area contributed by atoms with Crippen molar-refractivity contribution >= 4 is 11.3 Å². The summed E-state index contributed by atoms with van der Waals surface area (Å²) in [5.74, 6) is 0.860. The van der Waals surface area contributed by atoms with Crippen molar-refractivity contribution in [1.82, 2.24) is 4.98 Å². The lowest BCUT2D eigenvalue weighted by molar-refractivity contribution is 0.421. The van der Waals surface area contributed by atoms with Crippen LogP contribution in [0.25, 0.3) is 0 Å². The summed E-state index contributed by atoms with van der Waals surface area (Å²) in [6.07, 6.45) is 3.81. The summed E-state index contributed by atoms with van der Waals surface area (Å²) >= 11 is 1.69. The third-order valence-corrected chi connectivity index (χ3v) is 3.76. The number of aromatic nitrogens is 1. The number of nitrogens with zero attached hydrogens (tertiary/aromatic N) is 1. The highest BCUT2D eigenvalue weighted by Gasteiger charge is 2.33. The quantitative estimate of drug-likeness (QED) is 0.806.